The number of aromatic nitrogens is 5. The summed E-state index contributed by atoms with van der Waals surface area (Å²) in [4.78, 5) is 21.1. The van der Waals surface area contributed by atoms with E-state index in [0.717, 1.165) is 0 Å². The number of hydrogen-bond donors (Lipinski definition) is 1. The number of aryl methyl sites for hydroxylation is 1. The molecule has 140 valence electrons. The van der Waals surface area contributed by atoms with E-state index in [4.69, 9.17) is 9.26 Å². The van der Waals surface area contributed by atoms with Crippen molar-refractivity contribution >= 4 is 11.6 Å². The second kappa shape index (κ2) is 7.70. The molecule has 0 aliphatic carbocycles. The van der Waals surface area contributed by atoms with E-state index in [1.807, 2.05) is 6.07 Å². The fraction of sp³-hybridized carbons (Fsp3) is 0.105. The van der Waals surface area contributed by atoms with Crippen molar-refractivity contribution in [3.05, 3.63) is 78.3 Å². The maximum Gasteiger partial charge on any atom is 0.259 e. The first kappa shape index (κ1) is 17.4. The minimum atomic E-state index is -0.312. The number of pyridine rings is 1. The van der Waals surface area contributed by atoms with E-state index < -0.39 is 0 Å². The van der Waals surface area contributed by atoms with E-state index in [0.29, 0.717) is 34.5 Å². The van der Waals surface area contributed by atoms with Gasteiger partial charge in [0, 0.05) is 19.3 Å². The number of carbonyl (C=O) groups is 1. The van der Waals surface area contributed by atoms with Crippen molar-refractivity contribution in [3.8, 4) is 11.6 Å². The fourth-order valence-electron chi connectivity index (χ4n) is 2.52. The summed E-state index contributed by atoms with van der Waals surface area (Å²) in [6, 6.07) is 12.3. The average molecular weight is 376 g/mol. The van der Waals surface area contributed by atoms with Crippen molar-refractivity contribution in [3.63, 3.8) is 0 Å². The lowest BCUT2D eigenvalue weighted by molar-refractivity contribution is 0.102. The molecule has 1 amide bonds. The zero-order valence-corrected chi connectivity index (χ0v) is 14.9. The predicted molar refractivity (Wildman–Crippen MR) is 99.1 cm³/mol. The van der Waals surface area contributed by atoms with Crippen molar-refractivity contribution in [1.29, 1.82) is 0 Å². The maximum atomic E-state index is 12.7. The van der Waals surface area contributed by atoms with Crippen LogP contribution in [0.25, 0.3) is 5.82 Å². The smallest absolute Gasteiger partial charge is 0.259 e. The molecule has 0 aliphatic heterocycles. The number of rotatable bonds is 6. The molecule has 3 heterocycles. The van der Waals surface area contributed by atoms with Gasteiger partial charge < -0.3 is 14.6 Å². The molecular weight excluding hydrogens is 360 g/mol. The van der Waals surface area contributed by atoms with E-state index in [1.165, 1.54) is 0 Å². The standard InChI is InChI=1S/C19H16N6O3/c1-13-22-17(24-28-13)12-27-16-6-3-2-5-15(16)19(26)23-14-7-8-18(20-11-14)25-10-4-9-21-25/h2-11H,12H2,1H3,(H,23,26). The summed E-state index contributed by atoms with van der Waals surface area (Å²) in [5.41, 5.74) is 0.948. The second-order valence-corrected chi connectivity index (χ2v) is 5.82. The van der Waals surface area contributed by atoms with Crippen molar-refractivity contribution < 1.29 is 14.1 Å². The zero-order valence-electron chi connectivity index (χ0n) is 14.9. The van der Waals surface area contributed by atoms with Gasteiger partial charge in [-0.15, -0.1) is 0 Å². The highest BCUT2D eigenvalue weighted by atomic mass is 16.5. The third-order valence-electron chi connectivity index (χ3n) is 3.80. The van der Waals surface area contributed by atoms with Crippen LogP contribution in [0, 0.1) is 6.92 Å². The highest BCUT2D eigenvalue weighted by Gasteiger charge is 2.14. The SMILES string of the molecule is Cc1nc(COc2ccccc2C(=O)Nc2ccc(-n3cccn3)nc2)no1. The van der Waals surface area contributed by atoms with Crippen molar-refractivity contribution in [2.45, 2.75) is 13.5 Å². The summed E-state index contributed by atoms with van der Waals surface area (Å²) in [5, 5.41) is 10.7. The van der Waals surface area contributed by atoms with Gasteiger partial charge in [0.25, 0.3) is 5.91 Å². The molecule has 1 N–H and O–H groups in total. The summed E-state index contributed by atoms with van der Waals surface area (Å²) >= 11 is 0. The maximum absolute atomic E-state index is 12.7. The van der Waals surface area contributed by atoms with Gasteiger partial charge in [-0.25, -0.2) is 9.67 Å². The number of carbonyl (C=O) groups excluding carboxylic acids is 1. The quantitative estimate of drug-likeness (QED) is 0.551. The van der Waals surface area contributed by atoms with Crippen LogP contribution < -0.4 is 10.1 Å². The van der Waals surface area contributed by atoms with Gasteiger partial charge in [-0.3, -0.25) is 4.79 Å². The van der Waals surface area contributed by atoms with E-state index in [2.05, 4.69) is 25.5 Å². The van der Waals surface area contributed by atoms with Crippen LogP contribution in [0.3, 0.4) is 0 Å². The Hall–Kier alpha value is -4.01. The van der Waals surface area contributed by atoms with E-state index >= 15 is 0 Å². The molecule has 3 aromatic heterocycles. The summed E-state index contributed by atoms with van der Waals surface area (Å²) in [6.45, 7) is 1.80. The van der Waals surface area contributed by atoms with Gasteiger partial charge >= 0.3 is 0 Å². The molecule has 0 aliphatic rings. The van der Waals surface area contributed by atoms with E-state index in [-0.39, 0.29) is 12.5 Å². The van der Waals surface area contributed by atoms with Crippen LogP contribution >= 0.6 is 0 Å². The van der Waals surface area contributed by atoms with E-state index in [1.54, 1.807) is 66.6 Å². The summed E-state index contributed by atoms with van der Waals surface area (Å²) in [6.07, 6.45) is 5.03. The molecule has 0 saturated heterocycles. The highest BCUT2D eigenvalue weighted by Crippen LogP contribution is 2.21. The van der Waals surface area contributed by atoms with Gasteiger partial charge in [0.1, 0.15) is 5.75 Å². The number of ether oxygens (including phenoxy) is 1. The molecule has 1 aromatic carbocycles. The Morgan fingerprint density at radius 3 is 2.82 bits per heavy atom. The minimum Gasteiger partial charge on any atom is -0.485 e. The number of nitrogens with zero attached hydrogens (tertiary/aromatic N) is 5. The van der Waals surface area contributed by atoms with Gasteiger partial charge in [0.15, 0.2) is 12.4 Å². The molecule has 0 fully saturated rings. The Morgan fingerprint density at radius 1 is 1.21 bits per heavy atom. The Kier molecular flexibility index (Phi) is 4.79. The van der Waals surface area contributed by atoms with Gasteiger partial charge in [-0.1, -0.05) is 17.3 Å². The molecule has 4 aromatic rings. The third-order valence-corrected chi connectivity index (χ3v) is 3.80. The van der Waals surface area contributed by atoms with Crippen LogP contribution in [0.15, 0.2) is 65.6 Å². The lowest BCUT2D eigenvalue weighted by atomic mass is 10.2. The first-order valence-electron chi connectivity index (χ1n) is 8.47. The monoisotopic (exact) mass is 376 g/mol. The van der Waals surface area contributed by atoms with Gasteiger partial charge in [-0.05, 0) is 30.3 Å². The Balaban J connectivity index is 1.46. The first-order valence-corrected chi connectivity index (χ1v) is 8.47. The fourth-order valence-corrected chi connectivity index (χ4v) is 2.52. The number of anilines is 1. The molecular formula is C19H16N6O3. The molecule has 0 atom stereocenters. The largest absolute Gasteiger partial charge is 0.485 e. The summed E-state index contributed by atoms with van der Waals surface area (Å²) in [5.74, 6) is 1.63. The van der Waals surface area contributed by atoms with Crippen molar-refractivity contribution in [2.24, 2.45) is 0 Å². The van der Waals surface area contributed by atoms with Gasteiger partial charge in [-0.2, -0.15) is 10.1 Å². The minimum absolute atomic E-state index is 0.0990. The van der Waals surface area contributed by atoms with Crippen LogP contribution in [-0.2, 0) is 6.61 Å². The molecule has 0 radical (unpaired) electrons. The normalized spacial score (nSPS) is 10.6. The number of para-hydroxylation sites is 1. The van der Waals surface area contributed by atoms with E-state index in [9.17, 15) is 4.79 Å². The summed E-state index contributed by atoms with van der Waals surface area (Å²) < 4.78 is 12.2. The predicted octanol–water partition coefficient (Wildman–Crippen LogP) is 2.79. The van der Waals surface area contributed by atoms with Crippen LogP contribution in [0.1, 0.15) is 22.1 Å². The average Bonchev–Trinajstić information content (AvgIpc) is 3.39. The molecule has 4 rings (SSSR count). The van der Waals surface area contributed by atoms with Crippen LogP contribution in [-0.4, -0.2) is 30.8 Å². The summed E-state index contributed by atoms with van der Waals surface area (Å²) in [7, 11) is 0. The van der Waals surface area contributed by atoms with Crippen LogP contribution in [0.4, 0.5) is 5.69 Å². The molecule has 9 heteroatoms. The second-order valence-electron chi connectivity index (χ2n) is 5.82. The highest BCUT2D eigenvalue weighted by molar-refractivity contribution is 6.06. The van der Waals surface area contributed by atoms with Gasteiger partial charge in [0.2, 0.25) is 11.7 Å². The Morgan fingerprint density at radius 2 is 2.11 bits per heavy atom. The zero-order chi connectivity index (χ0) is 19.3. The molecule has 0 bridgehead atoms. The third kappa shape index (κ3) is 3.88. The number of benzene rings is 1. The molecule has 0 unspecified atom stereocenters. The Bertz CT molecular complexity index is 1070. The molecule has 9 nitrogen and oxygen atoms in total. The van der Waals surface area contributed by atoms with Crippen LogP contribution in [0.5, 0.6) is 5.75 Å². The van der Waals surface area contributed by atoms with Crippen LogP contribution in [0.2, 0.25) is 0 Å². The van der Waals surface area contributed by atoms with Gasteiger partial charge in [0.05, 0.1) is 17.4 Å². The molecule has 0 spiro atoms. The number of nitrogens with one attached hydrogen (secondary N) is 1. The first-order chi connectivity index (χ1) is 13.7. The lowest BCUT2D eigenvalue weighted by Gasteiger charge is -2.11. The Labute approximate surface area is 160 Å². The molecule has 28 heavy (non-hydrogen) atoms. The molecule has 0 saturated carbocycles. The lowest BCUT2D eigenvalue weighted by Crippen LogP contribution is -2.14. The number of hydrogen-bond acceptors (Lipinski definition) is 7. The topological polar surface area (TPSA) is 108 Å². The van der Waals surface area contributed by atoms with Crippen molar-refractivity contribution in [2.75, 3.05) is 5.32 Å². The van der Waals surface area contributed by atoms with Crippen molar-refractivity contribution in [1.82, 2.24) is 24.9 Å². The number of amides is 1.